The van der Waals surface area contributed by atoms with Crippen molar-refractivity contribution in [2.45, 2.75) is 40.3 Å². The second-order valence-electron chi connectivity index (χ2n) is 6.58. The average Bonchev–Trinajstić information content (AvgIpc) is 3.01. The Labute approximate surface area is 184 Å². The Morgan fingerprint density at radius 2 is 1.71 bits per heavy atom. The van der Waals surface area contributed by atoms with Crippen molar-refractivity contribution in [3.63, 3.8) is 0 Å². The van der Waals surface area contributed by atoms with E-state index in [0.717, 1.165) is 16.9 Å². The summed E-state index contributed by atoms with van der Waals surface area (Å²) in [5, 5.41) is 8.34. The number of carbonyl (C=O) groups is 4. The molecule has 0 unspecified atom stereocenters. The predicted octanol–water partition coefficient (Wildman–Crippen LogP) is 3.45. The molecule has 3 amide bonds. The van der Waals surface area contributed by atoms with Gasteiger partial charge in [0.25, 0.3) is 0 Å². The van der Waals surface area contributed by atoms with Crippen molar-refractivity contribution in [1.29, 1.82) is 0 Å². The second-order valence-corrected chi connectivity index (χ2v) is 7.60. The molecule has 3 N–H and O–H groups in total. The molecule has 10 heteroatoms. The van der Waals surface area contributed by atoms with Crippen molar-refractivity contribution in [2.24, 2.45) is 0 Å². The topological polar surface area (TPSA) is 123 Å². The van der Waals surface area contributed by atoms with Crippen LogP contribution in [0.1, 0.15) is 42.3 Å². The Bertz CT molecular complexity index is 958. The third kappa shape index (κ3) is 6.82. The van der Waals surface area contributed by atoms with Gasteiger partial charge in [0.15, 0.2) is 0 Å². The number of carbonyl (C=O) groups excluding carboxylic acids is 4. The Balaban J connectivity index is 2.06. The van der Waals surface area contributed by atoms with Crippen molar-refractivity contribution in [2.75, 3.05) is 17.2 Å². The van der Waals surface area contributed by atoms with E-state index in [-0.39, 0.29) is 29.7 Å². The molecule has 1 aromatic heterocycles. The van der Waals surface area contributed by atoms with E-state index in [1.807, 2.05) is 30.3 Å². The van der Waals surface area contributed by atoms with Crippen LogP contribution in [0.25, 0.3) is 0 Å². The van der Waals surface area contributed by atoms with Crippen molar-refractivity contribution in [3.8, 4) is 0 Å². The number of alkyl carbamates (subject to hydrolysis) is 1. The van der Waals surface area contributed by atoms with E-state index in [0.29, 0.717) is 10.6 Å². The molecule has 0 saturated carbocycles. The zero-order valence-corrected chi connectivity index (χ0v) is 18.6. The largest absolute Gasteiger partial charge is 0.462 e. The summed E-state index contributed by atoms with van der Waals surface area (Å²) in [6.45, 7) is 6.36. The summed E-state index contributed by atoms with van der Waals surface area (Å²) in [6.07, 6.45) is -0.751. The molecule has 166 valence electrons. The normalized spacial score (nSPS) is 11.2. The van der Waals surface area contributed by atoms with Crippen LogP contribution in [0.3, 0.4) is 0 Å². The van der Waals surface area contributed by atoms with Crippen LogP contribution in [0.2, 0.25) is 0 Å². The van der Waals surface area contributed by atoms with E-state index in [1.54, 1.807) is 13.8 Å². The molecule has 2 rings (SSSR count). The van der Waals surface area contributed by atoms with E-state index in [4.69, 9.17) is 9.47 Å². The van der Waals surface area contributed by atoms with Gasteiger partial charge in [-0.3, -0.25) is 9.59 Å². The van der Waals surface area contributed by atoms with Gasteiger partial charge in [-0.05, 0) is 26.3 Å². The first-order valence-electron chi connectivity index (χ1n) is 9.59. The van der Waals surface area contributed by atoms with Crippen LogP contribution in [0.4, 0.5) is 14.8 Å². The molecule has 0 radical (unpaired) electrons. The number of amides is 3. The molecular formula is C21H25N3O6S. The molecule has 1 heterocycles. The minimum absolute atomic E-state index is 0.0677. The van der Waals surface area contributed by atoms with Crippen LogP contribution in [0, 0.1) is 6.92 Å². The first-order chi connectivity index (χ1) is 14.7. The van der Waals surface area contributed by atoms with Crippen LogP contribution in [0.5, 0.6) is 0 Å². The van der Waals surface area contributed by atoms with Gasteiger partial charge in [0.2, 0.25) is 11.8 Å². The minimum atomic E-state index is -0.940. The van der Waals surface area contributed by atoms with Gasteiger partial charge in [0, 0.05) is 12.5 Å². The SMILES string of the molecule is CCOC(=O)c1c(NC(=O)[C@H](C)NC(=O)OCc2ccccc2)sc(NC(C)=O)c1C. The van der Waals surface area contributed by atoms with Crippen LogP contribution in [-0.4, -0.2) is 36.5 Å². The van der Waals surface area contributed by atoms with Crippen molar-refractivity contribution in [3.05, 3.63) is 47.0 Å². The van der Waals surface area contributed by atoms with E-state index < -0.39 is 24.0 Å². The summed E-state index contributed by atoms with van der Waals surface area (Å²) in [5.74, 6) is -1.49. The van der Waals surface area contributed by atoms with Crippen LogP contribution in [-0.2, 0) is 25.7 Å². The first kappa shape index (κ1) is 23.9. The molecule has 0 saturated heterocycles. The summed E-state index contributed by atoms with van der Waals surface area (Å²) in [4.78, 5) is 48.4. The maximum atomic E-state index is 12.6. The number of hydrogen-bond acceptors (Lipinski definition) is 7. The van der Waals surface area contributed by atoms with Crippen LogP contribution >= 0.6 is 11.3 Å². The fourth-order valence-corrected chi connectivity index (χ4v) is 3.70. The van der Waals surface area contributed by atoms with Gasteiger partial charge in [0.1, 0.15) is 22.7 Å². The fourth-order valence-electron chi connectivity index (χ4n) is 2.56. The molecule has 0 fully saturated rings. The molecule has 31 heavy (non-hydrogen) atoms. The molecule has 0 spiro atoms. The molecule has 2 aromatic rings. The maximum absolute atomic E-state index is 12.6. The number of anilines is 2. The Hall–Kier alpha value is -3.40. The molecular weight excluding hydrogens is 422 g/mol. The monoisotopic (exact) mass is 447 g/mol. The summed E-state index contributed by atoms with van der Waals surface area (Å²) in [7, 11) is 0. The molecule has 9 nitrogen and oxygen atoms in total. The lowest BCUT2D eigenvalue weighted by Gasteiger charge is -2.14. The van der Waals surface area contributed by atoms with Gasteiger partial charge in [0.05, 0.1) is 12.2 Å². The number of benzene rings is 1. The van der Waals surface area contributed by atoms with E-state index in [1.165, 1.54) is 13.8 Å². The van der Waals surface area contributed by atoms with E-state index in [9.17, 15) is 19.2 Å². The fraction of sp³-hybridized carbons (Fsp3) is 0.333. The highest BCUT2D eigenvalue weighted by atomic mass is 32.1. The third-order valence-corrected chi connectivity index (χ3v) is 5.22. The van der Waals surface area contributed by atoms with Gasteiger partial charge in [-0.25, -0.2) is 9.59 Å². The predicted molar refractivity (Wildman–Crippen MR) is 117 cm³/mol. The zero-order valence-electron chi connectivity index (χ0n) is 17.7. The number of hydrogen-bond donors (Lipinski definition) is 3. The van der Waals surface area contributed by atoms with Crippen molar-refractivity contribution < 1.29 is 28.7 Å². The molecule has 0 aliphatic carbocycles. The lowest BCUT2D eigenvalue weighted by Crippen LogP contribution is -2.41. The Morgan fingerprint density at radius 3 is 2.32 bits per heavy atom. The molecule has 0 aliphatic heterocycles. The van der Waals surface area contributed by atoms with E-state index in [2.05, 4.69) is 16.0 Å². The van der Waals surface area contributed by atoms with Gasteiger partial charge >= 0.3 is 12.1 Å². The minimum Gasteiger partial charge on any atom is -0.462 e. The molecule has 1 atom stereocenters. The number of rotatable bonds is 8. The number of nitrogens with one attached hydrogen (secondary N) is 3. The van der Waals surface area contributed by atoms with Gasteiger partial charge in [-0.15, -0.1) is 0 Å². The molecule has 0 bridgehead atoms. The second kappa shape index (κ2) is 11.1. The van der Waals surface area contributed by atoms with Gasteiger partial charge in [-0.2, -0.15) is 0 Å². The summed E-state index contributed by atoms with van der Waals surface area (Å²) in [6, 6.07) is 8.19. The van der Waals surface area contributed by atoms with Crippen molar-refractivity contribution in [1.82, 2.24) is 5.32 Å². The highest BCUT2D eigenvalue weighted by Crippen LogP contribution is 2.37. The number of esters is 1. The standard InChI is InChI=1S/C21H25N3O6S/c1-5-29-20(27)16-12(2)18(23-14(4)25)31-19(16)24-17(26)13(3)22-21(28)30-11-15-9-7-6-8-10-15/h6-10,13H,5,11H2,1-4H3,(H,22,28)(H,23,25)(H,24,26)/t13-/m0/s1. The first-order valence-corrected chi connectivity index (χ1v) is 10.4. The third-order valence-electron chi connectivity index (χ3n) is 4.09. The quantitative estimate of drug-likeness (QED) is 0.533. The zero-order chi connectivity index (χ0) is 23.0. The summed E-state index contributed by atoms with van der Waals surface area (Å²) < 4.78 is 10.2. The summed E-state index contributed by atoms with van der Waals surface area (Å²) in [5.41, 5.74) is 1.45. The molecule has 1 aromatic carbocycles. The highest BCUT2D eigenvalue weighted by Gasteiger charge is 2.26. The van der Waals surface area contributed by atoms with Crippen LogP contribution < -0.4 is 16.0 Å². The number of thiophene rings is 1. The molecule has 0 aliphatic rings. The average molecular weight is 448 g/mol. The number of ether oxygens (including phenoxy) is 2. The van der Waals surface area contributed by atoms with E-state index >= 15 is 0 Å². The Morgan fingerprint density at radius 1 is 1.03 bits per heavy atom. The van der Waals surface area contributed by atoms with Crippen LogP contribution in [0.15, 0.2) is 30.3 Å². The lowest BCUT2D eigenvalue weighted by molar-refractivity contribution is -0.117. The van der Waals surface area contributed by atoms with Crippen molar-refractivity contribution >= 4 is 45.2 Å². The lowest BCUT2D eigenvalue weighted by atomic mass is 10.2. The maximum Gasteiger partial charge on any atom is 0.408 e. The van der Waals surface area contributed by atoms with Gasteiger partial charge in [-0.1, -0.05) is 41.7 Å². The summed E-state index contributed by atoms with van der Waals surface area (Å²) >= 11 is 1.03. The highest BCUT2D eigenvalue weighted by molar-refractivity contribution is 7.21. The Kier molecular flexibility index (Phi) is 8.56. The van der Waals surface area contributed by atoms with Gasteiger partial charge < -0.3 is 25.4 Å². The smallest absolute Gasteiger partial charge is 0.408 e.